The number of fused-ring (bicyclic) bond motifs is 1. The number of hydrogen-bond donors (Lipinski definition) is 3. The number of aliphatic carboxylic acids is 1. The summed E-state index contributed by atoms with van der Waals surface area (Å²) in [6.07, 6.45) is 0.0501. The Hall–Kier alpha value is -2.09. The number of imidazole rings is 1. The van der Waals surface area contributed by atoms with E-state index >= 15 is 0 Å². The minimum Gasteiger partial charge on any atom is -0.480 e. The van der Waals surface area contributed by atoms with Crippen LogP contribution >= 0.6 is 34.5 Å². The van der Waals surface area contributed by atoms with Crippen LogP contribution in [0.4, 0.5) is 0 Å². The third-order valence-corrected chi connectivity index (χ3v) is 5.19. The van der Waals surface area contributed by atoms with Gasteiger partial charge in [0.15, 0.2) is 0 Å². The standard InChI is InChI=1S/C16H13Cl2N3O3S/c1-7-19-10-3-2-8(4-11(10)20-7)15(22)21-12(16(23)24)5-9-6-13(17)25-14(9)18/h2-4,6,12H,5H2,1H3,(H,19,20)(H,21,22)(H,23,24). The molecule has 130 valence electrons. The molecule has 0 aliphatic carbocycles. The molecular formula is C16H13Cl2N3O3S. The Kier molecular flexibility index (Phi) is 4.99. The van der Waals surface area contributed by atoms with Gasteiger partial charge in [0, 0.05) is 12.0 Å². The van der Waals surface area contributed by atoms with Crippen LogP contribution in [0.1, 0.15) is 21.7 Å². The summed E-state index contributed by atoms with van der Waals surface area (Å²) in [6.45, 7) is 1.82. The molecule has 0 saturated heterocycles. The molecule has 0 bridgehead atoms. The summed E-state index contributed by atoms with van der Waals surface area (Å²) in [5, 5.41) is 11.9. The maximum atomic E-state index is 12.4. The highest BCUT2D eigenvalue weighted by Crippen LogP contribution is 2.32. The fourth-order valence-electron chi connectivity index (χ4n) is 2.45. The van der Waals surface area contributed by atoms with E-state index in [2.05, 4.69) is 15.3 Å². The van der Waals surface area contributed by atoms with Crippen molar-refractivity contribution in [1.82, 2.24) is 15.3 Å². The summed E-state index contributed by atoms with van der Waals surface area (Å²) in [5.41, 5.74) is 2.38. The van der Waals surface area contributed by atoms with Gasteiger partial charge in [-0.1, -0.05) is 23.2 Å². The van der Waals surface area contributed by atoms with Crippen molar-refractivity contribution in [1.29, 1.82) is 0 Å². The van der Waals surface area contributed by atoms with Gasteiger partial charge in [0.2, 0.25) is 0 Å². The number of H-pyrrole nitrogens is 1. The lowest BCUT2D eigenvalue weighted by molar-refractivity contribution is -0.139. The average molecular weight is 398 g/mol. The molecule has 0 fully saturated rings. The summed E-state index contributed by atoms with van der Waals surface area (Å²) in [5.74, 6) is -0.899. The van der Waals surface area contributed by atoms with Crippen molar-refractivity contribution >= 4 is 57.4 Å². The lowest BCUT2D eigenvalue weighted by Crippen LogP contribution is -2.42. The molecule has 9 heteroatoms. The number of aromatic nitrogens is 2. The molecule has 0 aliphatic heterocycles. The molecule has 1 unspecified atom stereocenters. The molecule has 3 aromatic rings. The molecule has 25 heavy (non-hydrogen) atoms. The van der Waals surface area contributed by atoms with Gasteiger partial charge in [-0.15, -0.1) is 11.3 Å². The third-order valence-electron chi connectivity index (χ3n) is 3.62. The fourth-order valence-corrected chi connectivity index (χ4v) is 3.96. The maximum absolute atomic E-state index is 12.4. The molecule has 1 amide bonds. The second-order valence-electron chi connectivity index (χ2n) is 5.47. The first kappa shape index (κ1) is 17.7. The minimum absolute atomic E-state index is 0.0501. The van der Waals surface area contributed by atoms with E-state index in [-0.39, 0.29) is 6.42 Å². The topological polar surface area (TPSA) is 95.1 Å². The lowest BCUT2D eigenvalue weighted by atomic mass is 10.1. The highest BCUT2D eigenvalue weighted by molar-refractivity contribution is 7.20. The van der Waals surface area contributed by atoms with Gasteiger partial charge in [0.1, 0.15) is 11.9 Å². The van der Waals surface area contributed by atoms with Crippen molar-refractivity contribution in [3.8, 4) is 0 Å². The Balaban J connectivity index is 1.79. The van der Waals surface area contributed by atoms with E-state index in [0.29, 0.717) is 25.3 Å². The fraction of sp³-hybridized carbons (Fsp3) is 0.188. The van der Waals surface area contributed by atoms with Crippen molar-refractivity contribution in [3.63, 3.8) is 0 Å². The average Bonchev–Trinajstić information content (AvgIpc) is 3.06. The Morgan fingerprint density at radius 2 is 2.12 bits per heavy atom. The molecular weight excluding hydrogens is 385 g/mol. The predicted octanol–water partition coefficient (Wildman–Crippen LogP) is 3.67. The monoisotopic (exact) mass is 397 g/mol. The molecule has 0 aliphatic rings. The second kappa shape index (κ2) is 7.03. The largest absolute Gasteiger partial charge is 0.480 e. The van der Waals surface area contributed by atoms with Crippen molar-refractivity contribution < 1.29 is 14.7 Å². The zero-order valence-corrected chi connectivity index (χ0v) is 15.3. The molecule has 1 aromatic carbocycles. The van der Waals surface area contributed by atoms with Gasteiger partial charge in [-0.05, 0) is 36.8 Å². The number of hydrogen-bond acceptors (Lipinski definition) is 4. The van der Waals surface area contributed by atoms with E-state index in [1.54, 1.807) is 24.3 Å². The summed E-state index contributed by atoms with van der Waals surface area (Å²) < 4.78 is 0.885. The molecule has 2 heterocycles. The van der Waals surface area contributed by atoms with Gasteiger partial charge in [0.05, 0.1) is 19.7 Å². The lowest BCUT2D eigenvalue weighted by Gasteiger charge is -2.14. The van der Waals surface area contributed by atoms with E-state index in [9.17, 15) is 14.7 Å². The number of amides is 1. The van der Waals surface area contributed by atoms with Crippen LogP contribution in [-0.4, -0.2) is 33.0 Å². The molecule has 0 saturated carbocycles. The number of halogens is 2. The van der Waals surface area contributed by atoms with Crippen LogP contribution in [0.3, 0.4) is 0 Å². The number of nitrogens with zero attached hydrogens (tertiary/aromatic N) is 1. The number of nitrogens with one attached hydrogen (secondary N) is 2. The molecule has 3 rings (SSSR count). The van der Waals surface area contributed by atoms with Crippen LogP contribution in [0.5, 0.6) is 0 Å². The Labute approximate surface area is 156 Å². The number of carbonyl (C=O) groups excluding carboxylic acids is 1. The number of aryl methyl sites for hydroxylation is 1. The Bertz CT molecular complexity index is 967. The number of thiophene rings is 1. The number of carbonyl (C=O) groups is 2. The summed E-state index contributed by atoms with van der Waals surface area (Å²) in [4.78, 5) is 31.2. The van der Waals surface area contributed by atoms with Gasteiger partial charge < -0.3 is 15.4 Å². The highest BCUT2D eigenvalue weighted by atomic mass is 35.5. The number of carboxylic acids is 1. The zero-order valence-electron chi connectivity index (χ0n) is 13.0. The predicted molar refractivity (Wildman–Crippen MR) is 97.8 cm³/mol. The van der Waals surface area contributed by atoms with E-state index < -0.39 is 17.9 Å². The van der Waals surface area contributed by atoms with Crippen molar-refractivity contribution in [3.05, 3.63) is 49.9 Å². The van der Waals surface area contributed by atoms with Crippen LogP contribution < -0.4 is 5.32 Å². The zero-order chi connectivity index (χ0) is 18.1. The number of aromatic amines is 1. The van der Waals surface area contributed by atoms with Crippen LogP contribution in [0, 0.1) is 6.92 Å². The molecule has 0 spiro atoms. The molecule has 0 radical (unpaired) electrons. The van der Waals surface area contributed by atoms with Gasteiger partial charge in [-0.25, -0.2) is 9.78 Å². The molecule has 3 N–H and O–H groups in total. The van der Waals surface area contributed by atoms with E-state index in [0.717, 1.165) is 22.7 Å². The SMILES string of the molecule is Cc1nc2ccc(C(=O)NC(Cc3cc(Cl)sc3Cl)C(=O)O)cc2[nH]1. The minimum atomic E-state index is -1.15. The van der Waals surface area contributed by atoms with E-state index in [4.69, 9.17) is 23.2 Å². The number of carboxylic acid groups (broad SMARTS) is 1. The first-order valence-electron chi connectivity index (χ1n) is 7.27. The smallest absolute Gasteiger partial charge is 0.326 e. The summed E-state index contributed by atoms with van der Waals surface area (Å²) in [6, 6.07) is 5.44. The van der Waals surface area contributed by atoms with Gasteiger partial charge in [-0.3, -0.25) is 4.79 Å². The van der Waals surface area contributed by atoms with Crippen LogP contribution in [-0.2, 0) is 11.2 Å². The first-order valence-corrected chi connectivity index (χ1v) is 8.84. The second-order valence-corrected chi connectivity index (χ2v) is 7.76. The number of benzene rings is 1. The molecule has 2 aromatic heterocycles. The normalized spacial score (nSPS) is 12.3. The van der Waals surface area contributed by atoms with Crippen molar-refractivity contribution in [2.24, 2.45) is 0 Å². The first-order chi connectivity index (χ1) is 11.8. The maximum Gasteiger partial charge on any atom is 0.326 e. The molecule has 6 nitrogen and oxygen atoms in total. The van der Waals surface area contributed by atoms with Crippen LogP contribution in [0.2, 0.25) is 8.67 Å². The quantitative estimate of drug-likeness (QED) is 0.611. The van der Waals surface area contributed by atoms with Crippen molar-refractivity contribution in [2.45, 2.75) is 19.4 Å². The van der Waals surface area contributed by atoms with Gasteiger partial charge in [-0.2, -0.15) is 0 Å². The van der Waals surface area contributed by atoms with Crippen LogP contribution in [0.15, 0.2) is 24.3 Å². The Morgan fingerprint density at radius 1 is 1.36 bits per heavy atom. The van der Waals surface area contributed by atoms with E-state index in [1.807, 2.05) is 6.92 Å². The summed E-state index contributed by atoms with van der Waals surface area (Å²) in [7, 11) is 0. The third kappa shape index (κ3) is 3.95. The number of rotatable bonds is 5. The van der Waals surface area contributed by atoms with Crippen LogP contribution in [0.25, 0.3) is 11.0 Å². The van der Waals surface area contributed by atoms with Crippen molar-refractivity contribution in [2.75, 3.05) is 0 Å². The summed E-state index contributed by atoms with van der Waals surface area (Å²) >= 11 is 13.1. The Morgan fingerprint density at radius 3 is 2.76 bits per heavy atom. The van der Waals surface area contributed by atoms with Gasteiger partial charge >= 0.3 is 5.97 Å². The van der Waals surface area contributed by atoms with E-state index in [1.165, 1.54) is 0 Å². The van der Waals surface area contributed by atoms with Gasteiger partial charge in [0.25, 0.3) is 5.91 Å². The highest BCUT2D eigenvalue weighted by Gasteiger charge is 2.23. The molecule has 1 atom stereocenters.